The molecular weight excluding hydrogens is 276 g/mol. The fourth-order valence-corrected chi connectivity index (χ4v) is 2.32. The molecule has 1 aromatic heterocycles. The fourth-order valence-electron chi connectivity index (χ4n) is 2.32. The average Bonchev–Trinajstić information content (AvgIpc) is 3.05. The topological polar surface area (TPSA) is 113 Å². The van der Waals surface area contributed by atoms with Gasteiger partial charge in [-0.3, -0.25) is 0 Å². The first-order chi connectivity index (χ1) is 9.92. The molecule has 2 rings (SSSR count). The van der Waals surface area contributed by atoms with Crippen LogP contribution in [-0.4, -0.2) is 42.5 Å². The maximum Gasteiger partial charge on any atom is 0.312 e. The molecule has 8 nitrogen and oxygen atoms in total. The minimum Gasteiger partial charge on any atom is -0.384 e. The molecule has 21 heavy (non-hydrogen) atoms. The van der Waals surface area contributed by atoms with Gasteiger partial charge in [0.2, 0.25) is 11.7 Å². The molecule has 1 aliphatic rings. The van der Waals surface area contributed by atoms with E-state index in [-0.39, 0.29) is 17.6 Å². The highest BCUT2D eigenvalue weighted by molar-refractivity contribution is 5.71. The summed E-state index contributed by atoms with van der Waals surface area (Å²) in [6, 6.07) is -0.551. The highest BCUT2D eigenvalue weighted by Crippen LogP contribution is 2.32. The number of nitrogens with zero attached hydrogens (tertiary/aromatic N) is 2. The van der Waals surface area contributed by atoms with Crippen LogP contribution in [0, 0.1) is 0 Å². The molecule has 1 saturated heterocycles. The van der Waals surface area contributed by atoms with Gasteiger partial charge in [-0.15, -0.1) is 0 Å². The van der Waals surface area contributed by atoms with Crippen molar-refractivity contribution in [2.45, 2.75) is 44.3 Å². The second-order valence-corrected chi connectivity index (χ2v) is 5.84. The number of urea groups is 1. The molecule has 2 atom stereocenters. The number of carbonyl (C=O) groups excluding carboxylic acids is 1. The first-order valence-electron chi connectivity index (χ1n) is 6.94. The Morgan fingerprint density at radius 1 is 1.52 bits per heavy atom. The molecule has 2 unspecified atom stereocenters. The highest BCUT2D eigenvalue weighted by Gasteiger charge is 2.33. The van der Waals surface area contributed by atoms with Gasteiger partial charge in [-0.2, -0.15) is 4.98 Å². The summed E-state index contributed by atoms with van der Waals surface area (Å²) < 4.78 is 16.3. The van der Waals surface area contributed by atoms with E-state index in [2.05, 4.69) is 15.5 Å². The lowest BCUT2D eigenvalue weighted by Gasteiger charge is -2.17. The molecule has 0 radical (unpaired) electrons. The van der Waals surface area contributed by atoms with Gasteiger partial charge in [-0.1, -0.05) is 5.16 Å². The van der Waals surface area contributed by atoms with E-state index in [1.807, 2.05) is 13.8 Å². The molecule has 0 aromatic carbocycles. The summed E-state index contributed by atoms with van der Waals surface area (Å²) >= 11 is 0. The van der Waals surface area contributed by atoms with Crippen LogP contribution in [0.25, 0.3) is 0 Å². The predicted octanol–water partition coefficient (Wildman–Crippen LogP) is 0.882. The van der Waals surface area contributed by atoms with E-state index in [1.165, 1.54) is 0 Å². The number of hydrogen-bond donors (Lipinski definition) is 2. The number of nitrogens with two attached hydrogens (primary N) is 1. The van der Waals surface area contributed by atoms with Crippen LogP contribution >= 0.6 is 0 Å². The van der Waals surface area contributed by atoms with E-state index in [4.69, 9.17) is 19.7 Å². The summed E-state index contributed by atoms with van der Waals surface area (Å²) in [4.78, 5) is 15.1. The van der Waals surface area contributed by atoms with Crippen LogP contribution in [0.15, 0.2) is 4.52 Å². The Balaban J connectivity index is 1.95. The summed E-state index contributed by atoms with van der Waals surface area (Å²) in [5, 5.41) is 6.54. The largest absolute Gasteiger partial charge is 0.384 e. The van der Waals surface area contributed by atoms with Crippen LogP contribution in [0.4, 0.5) is 4.79 Å². The second kappa shape index (κ2) is 6.40. The predicted molar refractivity (Wildman–Crippen MR) is 73.6 cm³/mol. The molecule has 1 fully saturated rings. The van der Waals surface area contributed by atoms with E-state index >= 15 is 0 Å². The summed E-state index contributed by atoms with van der Waals surface area (Å²) in [5.74, 6) is 1.07. The van der Waals surface area contributed by atoms with Gasteiger partial charge < -0.3 is 25.0 Å². The quantitative estimate of drug-likeness (QED) is 0.806. The van der Waals surface area contributed by atoms with E-state index < -0.39 is 6.03 Å². The Hall–Kier alpha value is -1.67. The normalized spacial score (nSPS) is 22.4. The lowest BCUT2D eigenvalue weighted by molar-refractivity contribution is 0.0402. The van der Waals surface area contributed by atoms with Gasteiger partial charge in [-0.25, -0.2) is 4.79 Å². The highest BCUT2D eigenvalue weighted by atomic mass is 16.5. The zero-order valence-electron chi connectivity index (χ0n) is 12.6. The Bertz CT molecular complexity index is 488. The van der Waals surface area contributed by atoms with Gasteiger partial charge in [0, 0.05) is 13.7 Å². The molecule has 0 aliphatic carbocycles. The van der Waals surface area contributed by atoms with Crippen molar-refractivity contribution in [3.63, 3.8) is 0 Å². The minimum atomic E-state index is -0.551. The lowest BCUT2D eigenvalue weighted by atomic mass is 9.95. The number of rotatable bonds is 6. The Labute approximate surface area is 123 Å². The summed E-state index contributed by atoms with van der Waals surface area (Å²) in [7, 11) is 1.63. The van der Waals surface area contributed by atoms with Crippen molar-refractivity contribution < 1.29 is 18.8 Å². The van der Waals surface area contributed by atoms with Crippen LogP contribution in [0.5, 0.6) is 0 Å². The van der Waals surface area contributed by atoms with E-state index in [0.717, 1.165) is 12.8 Å². The fraction of sp³-hybridized carbons (Fsp3) is 0.769. The van der Waals surface area contributed by atoms with Crippen molar-refractivity contribution in [2.24, 2.45) is 5.73 Å². The molecule has 2 amide bonds. The summed E-state index contributed by atoms with van der Waals surface area (Å²) in [6.45, 7) is 4.84. The molecular formula is C13H22N4O4. The van der Waals surface area contributed by atoms with Crippen LogP contribution in [0.1, 0.15) is 44.5 Å². The molecule has 2 heterocycles. The third-order valence-corrected chi connectivity index (χ3v) is 3.43. The zero-order valence-corrected chi connectivity index (χ0v) is 12.6. The van der Waals surface area contributed by atoms with Crippen LogP contribution in [0.3, 0.4) is 0 Å². The standard InChI is InChI=1S/C13H22N4O4/c1-13(2,7-19-3)11-16-10(17-21-11)9-5-4-8(20-9)6-15-12(14)18/h8-9H,4-7H2,1-3H3,(H3,14,15,18). The van der Waals surface area contributed by atoms with E-state index in [9.17, 15) is 4.79 Å². The smallest absolute Gasteiger partial charge is 0.312 e. The number of amides is 2. The number of methoxy groups -OCH3 is 1. The van der Waals surface area contributed by atoms with Gasteiger partial charge in [0.15, 0.2) is 0 Å². The maximum atomic E-state index is 10.7. The number of aromatic nitrogens is 2. The maximum absolute atomic E-state index is 10.7. The van der Waals surface area contributed by atoms with Gasteiger partial charge in [-0.05, 0) is 26.7 Å². The lowest BCUT2D eigenvalue weighted by Crippen LogP contribution is -2.35. The SMILES string of the molecule is COCC(C)(C)c1nc(C2CCC(CNC(N)=O)O2)no1. The molecule has 3 N–H and O–H groups in total. The van der Waals surface area contributed by atoms with Crippen LogP contribution in [0.2, 0.25) is 0 Å². The first kappa shape index (κ1) is 15.7. The van der Waals surface area contributed by atoms with Gasteiger partial charge in [0.25, 0.3) is 0 Å². The van der Waals surface area contributed by atoms with Gasteiger partial charge in [0.1, 0.15) is 6.10 Å². The Kier molecular flexibility index (Phi) is 4.79. The number of primary amides is 1. The van der Waals surface area contributed by atoms with E-state index in [0.29, 0.717) is 24.9 Å². The molecule has 8 heteroatoms. The monoisotopic (exact) mass is 298 g/mol. The van der Waals surface area contributed by atoms with Crippen molar-refractivity contribution in [2.75, 3.05) is 20.3 Å². The summed E-state index contributed by atoms with van der Waals surface area (Å²) in [5.41, 5.74) is 4.70. The number of ether oxygens (including phenoxy) is 2. The van der Waals surface area contributed by atoms with Crippen molar-refractivity contribution in [1.82, 2.24) is 15.5 Å². The van der Waals surface area contributed by atoms with Gasteiger partial charge >= 0.3 is 6.03 Å². The third kappa shape index (κ3) is 3.92. The van der Waals surface area contributed by atoms with Crippen molar-refractivity contribution in [3.8, 4) is 0 Å². The number of carbonyl (C=O) groups is 1. The molecule has 0 bridgehead atoms. The minimum absolute atomic E-state index is 0.0727. The first-order valence-corrected chi connectivity index (χ1v) is 6.94. The Morgan fingerprint density at radius 2 is 2.29 bits per heavy atom. The number of nitrogens with one attached hydrogen (secondary N) is 1. The van der Waals surface area contributed by atoms with Crippen LogP contribution in [-0.2, 0) is 14.9 Å². The summed E-state index contributed by atoms with van der Waals surface area (Å²) in [6.07, 6.45) is 1.32. The molecule has 0 spiro atoms. The van der Waals surface area contributed by atoms with Gasteiger partial charge in [0.05, 0.1) is 18.1 Å². The molecule has 1 aromatic rings. The van der Waals surface area contributed by atoms with Crippen LogP contribution < -0.4 is 11.1 Å². The van der Waals surface area contributed by atoms with Crippen molar-refractivity contribution in [1.29, 1.82) is 0 Å². The molecule has 0 saturated carbocycles. The van der Waals surface area contributed by atoms with Crippen molar-refractivity contribution >= 4 is 6.03 Å². The second-order valence-electron chi connectivity index (χ2n) is 5.84. The Morgan fingerprint density at radius 3 is 2.95 bits per heavy atom. The molecule has 1 aliphatic heterocycles. The molecule has 118 valence electrons. The van der Waals surface area contributed by atoms with E-state index in [1.54, 1.807) is 7.11 Å². The third-order valence-electron chi connectivity index (χ3n) is 3.43. The average molecular weight is 298 g/mol. The zero-order chi connectivity index (χ0) is 15.5. The number of hydrogen-bond acceptors (Lipinski definition) is 6. The van der Waals surface area contributed by atoms with Crippen molar-refractivity contribution in [3.05, 3.63) is 11.7 Å².